The first kappa shape index (κ1) is 12.7. The van der Waals surface area contributed by atoms with Gasteiger partial charge in [0.25, 0.3) is 0 Å². The van der Waals surface area contributed by atoms with E-state index in [1.165, 1.54) is 0 Å². The topological polar surface area (TPSA) is 102 Å². The Morgan fingerprint density at radius 2 is 1.88 bits per heavy atom. The fraction of sp³-hybridized carbons (Fsp3) is 0.545. The van der Waals surface area contributed by atoms with E-state index in [4.69, 9.17) is 17.2 Å². The molecular formula is C11H21N4O+. The molecule has 1 heterocycles. The van der Waals surface area contributed by atoms with Gasteiger partial charge in [-0.3, -0.25) is 0 Å². The quantitative estimate of drug-likeness (QED) is 0.498. The van der Waals surface area contributed by atoms with E-state index in [0.717, 1.165) is 18.4 Å². The van der Waals surface area contributed by atoms with Gasteiger partial charge in [0.05, 0.1) is 6.10 Å². The lowest BCUT2D eigenvalue weighted by Gasteiger charge is -2.09. The normalized spacial score (nSPS) is 12.7. The summed E-state index contributed by atoms with van der Waals surface area (Å²) in [6.45, 7) is 0.300. The van der Waals surface area contributed by atoms with Crippen LogP contribution >= 0.6 is 0 Å². The Balaban J connectivity index is 2.60. The third-order valence-electron chi connectivity index (χ3n) is 2.62. The lowest BCUT2D eigenvalue weighted by Crippen LogP contribution is -2.29. The second kappa shape index (κ2) is 5.67. The minimum atomic E-state index is -0.428. The first-order valence-corrected chi connectivity index (χ1v) is 5.45. The highest BCUT2D eigenvalue weighted by atomic mass is 16.3. The van der Waals surface area contributed by atoms with E-state index in [-0.39, 0.29) is 0 Å². The Bertz CT molecular complexity index is 331. The minimum Gasteiger partial charge on any atom is -0.394 e. The second-order valence-corrected chi connectivity index (χ2v) is 4.09. The molecule has 1 unspecified atom stereocenters. The molecule has 0 spiro atoms. The van der Waals surface area contributed by atoms with Crippen molar-refractivity contribution in [2.75, 3.05) is 18.0 Å². The Morgan fingerprint density at radius 1 is 1.31 bits per heavy atom. The van der Waals surface area contributed by atoms with Crippen LogP contribution in [0.4, 0.5) is 11.4 Å². The van der Waals surface area contributed by atoms with Gasteiger partial charge in [-0.15, -0.1) is 0 Å². The number of aromatic nitrogens is 1. The first-order valence-electron chi connectivity index (χ1n) is 5.45. The largest absolute Gasteiger partial charge is 0.394 e. The molecule has 0 fully saturated rings. The Hall–Kier alpha value is -1.33. The Morgan fingerprint density at radius 3 is 2.38 bits per heavy atom. The molecule has 7 N–H and O–H groups in total. The van der Waals surface area contributed by atoms with Crippen molar-refractivity contribution in [3.63, 3.8) is 0 Å². The molecule has 0 bridgehead atoms. The molecule has 0 saturated heterocycles. The summed E-state index contributed by atoms with van der Waals surface area (Å²) >= 11 is 0. The van der Waals surface area contributed by atoms with E-state index in [1.807, 2.05) is 24.0 Å². The SMILES string of the molecule is C[n+]1cc(N)c(CCCC(O)CN)c(N)c1. The van der Waals surface area contributed by atoms with Gasteiger partial charge in [0.1, 0.15) is 18.4 Å². The number of rotatable bonds is 5. The summed E-state index contributed by atoms with van der Waals surface area (Å²) in [6, 6.07) is 0. The monoisotopic (exact) mass is 225 g/mol. The zero-order valence-corrected chi connectivity index (χ0v) is 9.69. The maximum Gasteiger partial charge on any atom is 0.192 e. The summed E-state index contributed by atoms with van der Waals surface area (Å²) in [5, 5.41) is 9.33. The van der Waals surface area contributed by atoms with Gasteiger partial charge in [-0.05, 0) is 19.3 Å². The summed E-state index contributed by atoms with van der Waals surface area (Å²) in [5.74, 6) is 0. The number of hydrogen-bond acceptors (Lipinski definition) is 4. The number of aliphatic hydroxyl groups excluding tert-OH is 1. The van der Waals surface area contributed by atoms with Crippen molar-refractivity contribution in [2.45, 2.75) is 25.4 Å². The van der Waals surface area contributed by atoms with E-state index in [9.17, 15) is 5.11 Å². The van der Waals surface area contributed by atoms with Crippen molar-refractivity contribution in [1.29, 1.82) is 0 Å². The van der Waals surface area contributed by atoms with Crippen LogP contribution in [-0.2, 0) is 13.5 Å². The molecular weight excluding hydrogens is 204 g/mol. The first-order chi connectivity index (χ1) is 7.54. The highest BCUT2D eigenvalue weighted by molar-refractivity contribution is 5.57. The summed E-state index contributed by atoms with van der Waals surface area (Å²) < 4.78 is 1.84. The van der Waals surface area contributed by atoms with Crippen LogP contribution < -0.4 is 21.8 Å². The molecule has 16 heavy (non-hydrogen) atoms. The number of aliphatic hydroxyl groups is 1. The molecule has 1 aromatic heterocycles. The lowest BCUT2D eigenvalue weighted by atomic mass is 10.0. The molecule has 1 atom stereocenters. The molecule has 1 rings (SSSR count). The van der Waals surface area contributed by atoms with E-state index in [1.54, 1.807) is 0 Å². The van der Waals surface area contributed by atoms with Gasteiger partial charge in [-0.2, -0.15) is 0 Å². The Labute approximate surface area is 95.9 Å². The van der Waals surface area contributed by atoms with Gasteiger partial charge in [-0.1, -0.05) is 0 Å². The number of anilines is 2. The smallest absolute Gasteiger partial charge is 0.192 e. The zero-order chi connectivity index (χ0) is 12.1. The molecule has 0 amide bonds. The van der Waals surface area contributed by atoms with Crippen molar-refractivity contribution >= 4 is 11.4 Å². The molecule has 0 aliphatic heterocycles. The maximum atomic E-state index is 9.33. The third-order valence-corrected chi connectivity index (χ3v) is 2.62. The summed E-state index contributed by atoms with van der Waals surface area (Å²) in [7, 11) is 1.88. The van der Waals surface area contributed by atoms with E-state index >= 15 is 0 Å². The van der Waals surface area contributed by atoms with Crippen LogP contribution in [0.1, 0.15) is 18.4 Å². The number of nitrogen functional groups attached to an aromatic ring is 2. The average molecular weight is 225 g/mol. The van der Waals surface area contributed by atoms with E-state index < -0.39 is 6.10 Å². The van der Waals surface area contributed by atoms with Crippen LogP contribution in [0, 0.1) is 0 Å². The minimum absolute atomic E-state index is 0.300. The standard InChI is InChI=1S/C11H21N4O/c1-15-6-10(13)9(11(14)7-15)4-2-3-8(16)5-12/h6-8,16H,2-5,12-14H2,1H3/q+1. The van der Waals surface area contributed by atoms with Gasteiger partial charge in [0.2, 0.25) is 0 Å². The fourth-order valence-electron chi connectivity index (χ4n) is 1.72. The molecule has 0 radical (unpaired) electrons. The summed E-state index contributed by atoms with van der Waals surface area (Å²) in [4.78, 5) is 0. The average Bonchev–Trinajstić information content (AvgIpc) is 2.21. The van der Waals surface area contributed by atoms with Gasteiger partial charge in [-0.25, -0.2) is 4.57 Å². The summed E-state index contributed by atoms with van der Waals surface area (Å²) in [6.07, 6.45) is 5.53. The van der Waals surface area contributed by atoms with Crippen LogP contribution in [0.3, 0.4) is 0 Å². The number of pyridine rings is 1. The number of nitrogens with zero attached hydrogens (tertiary/aromatic N) is 1. The van der Waals surface area contributed by atoms with Crippen LogP contribution in [0.25, 0.3) is 0 Å². The predicted molar refractivity (Wildman–Crippen MR) is 64.4 cm³/mol. The molecule has 0 aromatic carbocycles. The maximum absolute atomic E-state index is 9.33. The molecule has 0 aliphatic rings. The highest BCUT2D eigenvalue weighted by Gasteiger charge is 2.10. The molecule has 90 valence electrons. The molecule has 1 aromatic rings. The Kier molecular flexibility index (Phi) is 4.52. The molecule has 5 nitrogen and oxygen atoms in total. The number of hydrogen-bond donors (Lipinski definition) is 4. The van der Waals surface area contributed by atoms with Gasteiger partial charge in [0.15, 0.2) is 12.4 Å². The van der Waals surface area contributed by atoms with Crippen molar-refractivity contribution in [3.8, 4) is 0 Å². The van der Waals surface area contributed by atoms with Gasteiger partial charge < -0.3 is 22.3 Å². The fourth-order valence-corrected chi connectivity index (χ4v) is 1.72. The highest BCUT2D eigenvalue weighted by Crippen LogP contribution is 2.19. The van der Waals surface area contributed by atoms with Crippen LogP contribution in [-0.4, -0.2) is 17.8 Å². The van der Waals surface area contributed by atoms with E-state index in [0.29, 0.717) is 24.3 Å². The number of aryl methyl sites for hydroxylation is 1. The number of nitrogens with two attached hydrogens (primary N) is 3. The molecule has 0 saturated carbocycles. The third kappa shape index (κ3) is 3.36. The van der Waals surface area contributed by atoms with Gasteiger partial charge in [0, 0.05) is 12.1 Å². The van der Waals surface area contributed by atoms with Gasteiger partial charge >= 0.3 is 0 Å². The van der Waals surface area contributed by atoms with E-state index in [2.05, 4.69) is 0 Å². The molecule has 5 heteroatoms. The molecule has 0 aliphatic carbocycles. The van der Waals surface area contributed by atoms with Crippen molar-refractivity contribution < 1.29 is 9.67 Å². The lowest BCUT2D eigenvalue weighted by molar-refractivity contribution is -0.670. The van der Waals surface area contributed by atoms with Crippen molar-refractivity contribution in [3.05, 3.63) is 18.0 Å². The zero-order valence-electron chi connectivity index (χ0n) is 9.69. The predicted octanol–water partition coefficient (Wildman–Crippen LogP) is -0.682. The van der Waals surface area contributed by atoms with Crippen molar-refractivity contribution in [1.82, 2.24) is 0 Å². The second-order valence-electron chi connectivity index (χ2n) is 4.09. The summed E-state index contributed by atoms with van der Waals surface area (Å²) in [5.41, 5.74) is 19.5. The van der Waals surface area contributed by atoms with Crippen molar-refractivity contribution in [2.24, 2.45) is 12.8 Å². The van der Waals surface area contributed by atoms with Crippen LogP contribution in [0.5, 0.6) is 0 Å². The van der Waals surface area contributed by atoms with Crippen LogP contribution in [0.15, 0.2) is 12.4 Å². The van der Waals surface area contributed by atoms with Crippen LogP contribution in [0.2, 0.25) is 0 Å².